The molecule has 1 fully saturated rings. The lowest BCUT2D eigenvalue weighted by molar-refractivity contribution is -0.135. The fourth-order valence-electron chi connectivity index (χ4n) is 1.85. The summed E-state index contributed by atoms with van der Waals surface area (Å²) in [6.07, 6.45) is 1.66. The maximum absolute atomic E-state index is 11.8. The lowest BCUT2D eigenvalue weighted by Gasteiger charge is -2.40. The Morgan fingerprint density at radius 1 is 1.44 bits per heavy atom. The molecule has 0 saturated carbocycles. The molecule has 1 aromatic rings. The minimum absolute atomic E-state index is 0.119. The van der Waals surface area contributed by atoms with Gasteiger partial charge < -0.3 is 10.6 Å². The minimum atomic E-state index is -0.800. The Hall–Kier alpha value is -1.95. The van der Waals surface area contributed by atoms with Crippen molar-refractivity contribution in [1.29, 1.82) is 0 Å². The third-order valence-corrected chi connectivity index (χ3v) is 3.11. The van der Waals surface area contributed by atoms with Crippen molar-refractivity contribution in [3.63, 3.8) is 0 Å². The topological polar surface area (TPSA) is 88.3 Å². The van der Waals surface area contributed by atoms with Crippen LogP contribution in [0.15, 0.2) is 18.3 Å². The molecule has 0 radical (unpaired) electrons. The van der Waals surface area contributed by atoms with Crippen molar-refractivity contribution in [3.8, 4) is 0 Å². The highest BCUT2D eigenvalue weighted by Crippen LogP contribution is 2.24. The van der Waals surface area contributed by atoms with Gasteiger partial charge in [0.15, 0.2) is 0 Å². The molecule has 0 aliphatic carbocycles. The summed E-state index contributed by atoms with van der Waals surface area (Å²) in [5.74, 6) is -0.0344. The van der Waals surface area contributed by atoms with Crippen LogP contribution in [-0.4, -0.2) is 28.9 Å². The van der Waals surface area contributed by atoms with Crippen LogP contribution < -0.4 is 16.0 Å². The molecule has 1 aromatic heterocycles. The SMILES string of the molecule is CC1(C)C(=O)NC(=O)CN1c1ccc(CN)cn1. The van der Waals surface area contributed by atoms with E-state index < -0.39 is 5.54 Å². The smallest absolute Gasteiger partial charge is 0.251 e. The summed E-state index contributed by atoms with van der Waals surface area (Å²) in [5, 5.41) is 2.32. The van der Waals surface area contributed by atoms with E-state index in [9.17, 15) is 9.59 Å². The lowest BCUT2D eigenvalue weighted by atomic mass is 9.98. The van der Waals surface area contributed by atoms with Gasteiger partial charge in [0, 0.05) is 12.7 Å². The van der Waals surface area contributed by atoms with Crippen molar-refractivity contribution < 1.29 is 9.59 Å². The van der Waals surface area contributed by atoms with Crippen molar-refractivity contribution in [2.45, 2.75) is 25.9 Å². The van der Waals surface area contributed by atoms with Gasteiger partial charge in [0.2, 0.25) is 5.91 Å². The largest absolute Gasteiger partial charge is 0.333 e. The fourth-order valence-corrected chi connectivity index (χ4v) is 1.85. The molecule has 0 aromatic carbocycles. The molecule has 0 unspecified atom stereocenters. The van der Waals surface area contributed by atoms with Crippen LogP contribution in [0.5, 0.6) is 0 Å². The predicted octanol–water partition coefficient (Wildman–Crippen LogP) is -0.218. The van der Waals surface area contributed by atoms with Gasteiger partial charge in [-0.25, -0.2) is 4.98 Å². The summed E-state index contributed by atoms with van der Waals surface area (Å²) in [5.41, 5.74) is 5.61. The Bertz CT molecular complexity index is 481. The number of nitrogens with two attached hydrogens (primary N) is 1. The van der Waals surface area contributed by atoms with Gasteiger partial charge in [0.25, 0.3) is 5.91 Å². The number of imide groups is 1. The summed E-state index contributed by atoms with van der Waals surface area (Å²) in [4.78, 5) is 29.2. The molecule has 0 bridgehead atoms. The van der Waals surface area contributed by atoms with Crippen molar-refractivity contribution in [1.82, 2.24) is 10.3 Å². The first-order chi connectivity index (χ1) is 8.45. The molecule has 1 saturated heterocycles. The number of pyridine rings is 1. The molecule has 2 heterocycles. The number of nitrogens with one attached hydrogen (secondary N) is 1. The average Bonchev–Trinajstić information content (AvgIpc) is 2.34. The van der Waals surface area contributed by atoms with E-state index in [1.807, 2.05) is 6.07 Å². The molecule has 96 valence electrons. The first-order valence-corrected chi connectivity index (χ1v) is 5.72. The highest BCUT2D eigenvalue weighted by molar-refractivity contribution is 6.06. The van der Waals surface area contributed by atoms with E-state index in [0.717, 1.165) is 5.56 Å². The normalized spacial score (nSPS) is 18.7. The quantitative estimate of drug-likeness (QED) is 0.706. The summed E-state index contributed by atoms with van der Waals surface area (Å²) in [6, 6.07) is 3.62. The molecule has 0 atom stereocenters. The number of aromatic nitrogens is 1. The summed E-state index contributed by atoms with van der Waals surface area (Å²) in [7, 11) is 0. The Morgan fingerprint density at radius 3 is 2.72 bits per heavy atom. The van der Waals surface area contributed by atoms with Gasteiger partial charge in [-0.05, 0) is 25.5 Å². The molecule has 2 amide bonds. The second-order valence-electron chi connectivity index (χ2n) is 4.75. The van der Waals surface area contributed by atoms with Crippen LogP contribution in [0.25, 0.3) is 0 Å². The van der Waals surface area contributed by atoms with E-state index in [1.54, 1.807) is 31.0 Å². The molecular formula is C12H16N4O2. The number of carbonyl (C=O) groups is 2. The van der Waals surface area contributed by atoms with E-state index in [1.165, 1.54) is 0 Å². The number of rotatable bonds is 2. The van der Waals surface area contributed by atoms with E-state index in [0.29, 0.717) is 12.4 Å². The van der Waals surface area contributed by atoms with Gasteiger partial charge in [-0.2, -0.15) is 0 Å². The summed E-state index contributed by atoms with van der Waals surface area (Å²) < 4.78 is 0. The zero-order valence-electron chi connectivity index (χ0n) is 10.4. The third-order valence-electron chi connectivity index (χ3n) is 3.11. The third kappa shape index (κ3) is 2.06. The van der Waals surface area contributed by atoms with Crippen LogP contribution in [0.1, 0.15) is 19.4 Å². The van der Waals surface area contributed by atoms with Gasteiger partial charge >= 0.3 is 0 Å². The number of amides is 2. The molecular weight excluding hydrogens is 232 g/mol. The zero-order valence-corrected chi connectivity index (χ0v) is 10.4. The number of carbonyl (C=O) groups excluding carboxylic acids is 2. The monoisotopic (exact) mass is 248 g/mol. The second kappa shape index (κ2) is 4.38. The summed E-state index contributed by atoms with van der Waals surface area (Å²) >= 11 is 0. The van der Waals surface area contributed by atoms with Gasteiger partial charge in [0.05, 0.1) is 6.54 Å². The highest BCUT2D eigenvalue weighted by Gasteiger charge is 2.41. The fraction of sp³-hybridized carbons (Fsp3) is 0.417. The van der Waals surface area contributed by atoms with Crippen LogP contribution in [0.4, 0.5) is 5.82 Å². The van der Waals surface area contributed by atoms with Crippen molar-refractivity contribution in [3.05, 3.63) is 23.9 Å². The van der Waals surface area contributed by atoms with Crippen LogP contribution in [0, 0.1) is 0 Å². The molecule has 18 heavy (non-hydrogen) atoms. The molecule has 6 heteroatoms. The minimum Gasteiger partial charge on any atom is -0.333 e. The van der Waals surface area contributed by atoms with E-state index in [4.69, 9.17) is 5.73 Å². The molecule has 1 aliphatic rings. The van der Waals surface area contributed by atoms with Crippen molar-refractivity contribution in [2.24, 2.45) is 5.73 Å². The van der Waals surface area contributed by atoms with Crippen LogP contribution in [0.2, 0.25) is 0 Å². The van der Waals surface area contributed by atoms with Gasteiger partial charge in [0.1, 0.15) is 11.4 Å². The first kappa shape index (κ1) is 12.5. The Labute approximate surface area is 105 Å². The number of hydrogen-bond donors (Lipinski definition) is 2. The Balaban J connectivity index is 2.34. The first-order valence-electron chi connectivity index (χ1n) is 5.72. The van der Waals surface area contributed by atoms with E-state index >= 15 is 0 Å². The molecule has 0 spiro atoms. The molecule has 3 N–H and O–H groups in total. The van der Waals surface area contributed by atoms with Crippen LogP contribution in [0.3, 0.4) is 0 Å². The number of nitrogens with zero attached hydrogens (tertiary/aromatic N) is 2. The lowest BCUT2D eigenvalue weighted by Crippen LogP contribution is -2.64. The maximum Gasteiger partial charge on any atom is 0.251 e. The highest BCUT2D eigenvalue weighted by atomic mass is 16.2. The van der Waals surface area contributed by atoms with Gasteiger partial charge in [-0.1, -0.05) is 6.07 Å². The Morgan fingerprint density at radius 2 is 2.17 bits per heavy atom. The number of hydrogen-bond acceptors (Lipinski definition) is 5. The average molecular weight is 248 g/mol. The predicted molar refractivity (Wildman–Crippen MR) is 66.7 cm³/mol. The summed E-state index contributed by atoms with van der Waals surface area (Å²) in [6.45, 7) is 4.05. The zero-order chi connectivity index (χ0) is 13.3. The van der Waals surface area contributed by atoms with E-state index in [2.05, 4.69) is 10.3 Å². The van der Waals surface area contributed by atoms with Crippen LogP contribution in [-0.2, 0) is 16.1 Å². The molecule has 6 nitrogen and oxygen atoms in total. The van der Waals surface area contributed by atoms with Gasteiger partial charge in [-0.15, -0.1) is 0 Å². The van der Waals surface area contributed by atoms with Crippen LogP contribution >= 0.6 is 0 Å². The van der Waals surface area contributed by atoms with Crippen molar-refractivity contribution in [2.75, 3.05) is 11.4 Å². The number of piperazine rings is 1. The molecule has 2 rings (SSSR count). The second-order valence-corrected chi connectivity index (χ2v) is 4.75. The van der Waals surface area contributed by atoms with Crippen molar-refractivity contribution >= 4 is 17.6 Å². The van der Waals surface area contributed by atoms with E-state index in [-0.39, 0.29) is 18.4 Å². The molecule has 1 aliphatic heterocycles. The Kier molecular flexibility index (Phi) is 3.04. The number of anilines is 1. The maximum atomic E-state index is 11.8. The van der Waals surface area contributed by atoms with Gasteiger partial charge in [-0.3, -0.25) is 14.9 Å². The standard InChI is InChI=1S/C12H16N4O2/c1-12(2)11(18)15-10(17)7-16(12)9-4-3-8(5-13)6-14-9/h3-4,6H,5,7,13H2,1-2H3,(H,15,17,18).